The van der Waals surface area contributed by atoms with Gasteiger partial charge in [0.1, 0.15) is 11.5 Å². The first-order valence-electron chi connectivity index (χ1n) is 10.2. The Balaban J connectivity index is 1.43. The SMILES string of the molecule is COc1cc(N2CCCC2)c(OC)cc1C=NN1C(=O)C2C3C=CC(C3)C2C1=O. The summed E-state index contributed by atoms with van der Waals surface area (Å²) in [5.41, 5.74) is 1.66. The van der Waals surface area contributed by atoms with Gasteiger partial charge in [-0.15, -0.1) is 0 Å². The number of ether oxygens (including phenoxy) is 2. The van der Waals surface area contributed by atoms with E-state index in [4.69, 9.17) is 9.47 Å². The molecule has 2 bridgehead atoms. The van der Waals surface area contributed by atoms with Crippen LogP contribution < -0.4 is 14.4 Å². The Morgan fingerprint density at radius 2 is 1.59 bits per heavy atom. The van der Waals surface area contributed by atoms with Crippen LogP contribution >= 0.6 is 0 Å². The maximum absolute atomic E-state index is 12.8. The van der Waals surface area contributed by atoms with Crippen molar-refractivity contribution in [2.75, 3.05) is 32.2 Å². The molecule has 2 aliphatic heterocycles. The Hall–Kier alpha value is -2.83. The Morgan fingerprint density at radius 1 is 0.966 bits per heavy atom. The van der Waals surface area contributed by atoms with E-state index >= 15 is 0 Å². The lowest BCUT2D eigenvalue weighted by atomic mass is 9.85. The molecule has 29 heavy (non-hydrogen) atoms. The van der Waals surface area contributed by atoms with Crippen LogP contribution in [0.3, 0.4) is 0 Å². The number of methoxy groups -OCH3 is 2. The maximum atomic E-state index is 12.8. The Labute approximate surface area is 169 Å². The Bertz CT molecular complexity index is 889. The highest BCUT2D eigenvalue weighted by molar-refractivity contribution is 6.07. The second kappa shape index (κ2) is 6.90. The fraction of sp³-hybridized carbons (Fsp3) is 0.500. The van der Waals surface area contributed by atoms with Gasteiger partial charge in [0.15, 0.2) is 0 Å². The van der Waals surface area contributed by atoms with E-state index in [9.17, 15) is 9.59 Å². The molecule has 1 aromatic rings. The minimum atomic E-state index is -0.247. The van der Waals surface area contributed by atoms with Gasteiger partial charge < -0.3 is 14.4 Å². The average Bonchev–Trinajstić information content (AvgIpc) is 3.52. The number of nitrogens with zero attached hydrogens (tertiary/aromatic N) is 3. The van der Waals surface area contributed by atoms with Gasteiger partial charge in [-0.3, -0.25) is 9.59 Å². The molecule has 0 spiro atoms. The third-order valence-corrected chi connectivity index (χ3v) is 6.74. The summed E-state index contributed by atoms with van der Waals surface area (Å²) in [6.07, 6.45) is 8.92. The van der Waals surface area contributed by atoms with Crippen molar-refractivity contribution in [2.45, 2.75) is 19.3 Å². The Kier molecular flexibility index (Phi) is 4.33. The van der Waals surface area contributed by atoms with Crippen molar-refractivity contribution >= 4 is 23.7 Å². The van der Waals surface area contributed by atoms with Gasteiger partial charge in [0.25, 0.3) is 11.8 Å². The molecule has 0 aromatic heterocycles. The summed E-state index contributed by atoms with van der Waals surface area (Å²) in [5.74, 6) is 0.851. The quantitative estimate of drug-likeness (QED) is 0.435. The number of carbonyl (C=O) groups is 2. The number of hydrazone groups is 1. The lowest BCUT2D eigenvalue weighted by Gasteiger charge is -2.22. The smallest absolute Gasteiger partial charge is 0.254 e. The van der Waals surface area contributed by atoms with Crippen LogP contribution in [0.4, 0.5) is 5.69 Å². The highest BCUT2D eigenvalue weighted by Crippen LogP contribution is 2.52. The van der Waals surface area contributed by atoms with Crippen LogP contribution in [0, 0.1) is 23.7 Å². The van der Waals surface area contributed by atoms with Gasteiger partial charge in [-0.05, 0) is 37.2 Å². The van der Waals surface area contributed by atoms with Crippen LogP contribution in [0.15, 0.2) is 29.4 Å². The zero-order chi connectivity index (χ0) is 20.1. The summed E-state index contributed by atoms with van der Waals surface area (Å²) >= 11 is 0. The van der Waals surface area contributed by atoms with E-state index in [0.29, 0.717) is 11.3 Å². The number of rotatable bonds is 5. The second-order valence-electron chi connectivity index (χ2n) is 8.19. The van der Waals surface area contributed by atoms with Crippen LogP contribution in [-0.4, -0.2) is 50.3 Å². The highest BCUT2D eigenvalue weighted by Gasteiger charge is 2.59. The van der Waals surface area contributed by atoms with E-state index in [-0.39, 0.29) is 35.5 Å². The maximum Gasteiger partial charge on any atom is 0.254 e. The summed E-state index contributed by atoms with van der Waals surface area (Å²) in [5, 5.41) is 5.34. The molecule has 3 fully saturated rings. The number of benzene rings is 1. The van der Waals surface area contributed by atoms with Crippen LogP contribution in [0.5, 0.6) is 11.5 Å². The Morgan fingerprint density at radius 3 is 2.17 bits per heavy atom. The molecule has 4 atom stereocenters. The van der Waals surface area contributed by atoms with Crippen molar-refractivity contribution in [2.24, 2.45) is 28.8 Å². The average molecular weight is 395 g/mol. The first kappa shape index (κ1) is 18.2. The zero-order valence-corrected chi connectivity index (χ0v) is 16.7. The van der Waals surface area contributed by atoms with Crippen LogP contribution in [0.2, 0.25) is 0 Å². The summed E-state index contributed by atoms with van der Waals surface area (Å²) in [6, 6.07) is 3.80. The van der Waals surface area contributed by atoms with Gasteiger partial charge in [0.2, 0.25) is 0 Å². The highest BCUT2D eigenvalue weighted by atomic mass is 16.5. The summed E-state index contributed by atoms with van der Waals surface area (Å²) in [6.45, 7) is 1.98. The van der Waals surface area contributed by atoms with E-state index in [1.807, 2.05) is 12.1 Å². The van der Waals surface area contributed by atoms with Crippen molar-refractivity contribution < 1.29 is 19.1 Å². The number of anilines is 1. The number of hydrogen-bond donors (Lipinski definition) is 0. The monoisotopic (exact) mass is 395 g/mol. The van der Waals surface area contributed by atoms with Gasteiger partial charge in [-0.2, -0.15) is 10.1 Å². The molecule has 2 aliphatic carbocycles. The van der Waals surface area contributed by atoms with Crippen LogP contribution in [0.1, 0.15) is 24.8 Å². The molecule has 2 amide bonds. The number of fused-ring (bicyclic) bond motifs is 5. The number of imide groups is 1. The molecule has 0 N–H and O–H groups in total. The second-order valence-corrected chi connectivity index (χ2v) is 8.19. The lowest BCUT2D eigenvalue weighted by molar-refractivity contribution is -0.140. The number of allylic oxidation sites excluding steroid dienone is 2. The first-order chi connectivity index (χ1) is 14.1. The third-order valence-electron chi connectivity index (χ3n) is 6.74. The molecular weight excluding hydrogens is 370 g/mol. The summed E-state index contributed by atoms with van der Waals surface area (Å²) in [7, 11) is 3.24. The molecular formula is C22H25N3O4. The van der Waals surface area contributed by atoms with E-state index < -0.39 is 0 Å². The van der Waals surface area contributed by atoms with Crippen molar-refractivity contribution in [3.8, 4) is 11.5 Å². The predicted octanol–water partition coefficient (Wildman–Crippen LogP) is 2.45. The molecule has 7 heteroatoms. The molecule has 1 saturated carbocycles. The zero-order valence-electron chi connectivity index (χ0n) is 16.7. The van der Waals surface area contributed by atoms with Gasteiger partial charge in [-0.1, -0.05) is 12.2 Å². The van der Waals surface area contributed by atoms with Crippen LogP contribution in [0.25, 0.3) is 0 Å². The summed E-state index contributed by atoms with van der Waals surface area (Å²) in [4.78, 5) is 27.9. The molecule has 5 rings (SSSR count). The number of amides is 2. The standard InChI is InChI=1S/C22H25N3O4/c1-28-17-11-16(24-7-3-4-8-24)18(29-2)10-15(17)12-23-25-21(26)19-13-5-6-14(9-13)20(19)22(25)27/h5-6,10-14,19-20H,3-4,7-9H2,1-2H3. The normalized spacial score (nSPS) is 30.1. The fourth-order valence-electron chi connectivity index (χ4n) is 5.33. The molecule has 4 unspecified atom stereocenters. The van der Waals surface area contributed by atoms with E-state index in [2.05, 4.69) is 22.2 Å². The van der Waals surface area contributed by atoms with E-state index in [1.165, 1.54) is 6.21 Å². The number of hydrogen-bond acceptors (Lipinski definition) is 6. The minimum absolute atomic E-state index is 0.177. The first-order valence-corrected chi connectivity index (χ1v) is 10.2. The molecule has 152 valence electrons. The van der Waals surface area contributed by atoms with Gasteiger partial charge in [0.05, 0.1) is 38.0 Å². The molecule has 0 radical (unpaired) electrons. The van der Waals surface area contributed by atoms with Gasteiger partial charge in [-0.25, -0.2) is 0 Å². The largest absolute Gasteiger partial charge is 0.496 e. The van der Waals surface area contributed by atoms with E-state index in [0.717, 1.165) is 48.8 Å². The van der Waals surface area contributed by atoms with Crippen molar-refractivity contribution in [3.05, 3.63) is 29.8 Å². The van der Waals surface area contributed by atoms with Gasteiger partial charge >= 0.3 is 0 Å². The molecule has 2 heterocycles. The molecule has 2 saturated heterocycles. The minimum Gasteiger partial charge on any atom is -0.496 e. The van der Waals surface area contributed by atoms with Gasteiger partial charge in [0, 0.05) is 24.7 Å². The third kappa shape index (κ3) is 2.74. The number of carbonyl (C=O) groups excluding carboxylic acids is 2. The lowest BCUT2D eigenvalue weighted by Crippen LogP contribution is -2.28. The van der Waals surface area contributed by atoms with Crippen molar-refractivity contribution in [1.82, 2.24) is 5.01 Å². The summed E-state index contributed by atoms with van der Waals surface area (Å²) < 4.78 is 11.2. The molecule has 1 aromatic carbocycles. The van der Waals surface area contributed by atoms with Crippen LogP contribution in [-0.2, 0) is 9.59 Å². The fourth-order valence-corrected chi connectivity index (χ4v) is 5.33. The topological polar surface area (TPSA) is 71.4 Å². The predicted molar refractivity (Wildman–Crippen MR) is 108 cm³/mol. The molecule has 7 nitrogen and oxygen atoms in total. The molecule has 4 aliphatic rings. The van der Waals surface area contributed by atoms with Crippen molar-refractivity contribution in [3.63, 3.8) is 0 Å². The van der Waals surface area contributed by atoms with E-state index in [1.54, 1.807) is 14.2 Å². The van der Waals surface area contributed by atoms with Crippen molar-refractivity contribution in [1.29, 1.82) is 0 Å².